The minimum Gasteiger partial charge on any atom is -0.393 e. The lowest BCUT2D eigenvalue weighted by Gasteiger charge is -2.23. The molecule has 112 valence electrons. The van der Waals surface area contributed by atoms with Crippen molar-refractivity contribution in [3.05, 3.63) is 0 Å². The molecule has 1 heterocycles. The van der Waals surface area contributed by atoms with Crippen molar-refractivity contribution in [1.29, 1.82) is 0 Å². The molecule has 1 aliphatic carbocycles. The van der Waals surface area contributed by atoms with Gasteiger partial charge in [-0.15, -0.1) is 12.4 Å². The van der Waals surface area contributed by atoms with Crippen LogP contribution in [0.5, 0.6) is 0 Å². The highest BCUT2D eigenvalue weighted by atomic mass is 35.5. The molecule has 0 aromatic heterocycles. The first-order valence-electron chi connectivity index (χ1n) is 7.22. The molecule has 0 radical (unpaired) electrons. The van der Waals surface area contributed by atoms with Gasteiger partial charge in [0.1, 0.15) is 0 Å². The van der Waals surface area contributed by atoms with Gasteiger partial charge in [-0.1, -0.05) is 13.8 Å². The van der Waals surface area contributed by atoms with Crippen molar-refractivity contribution in [1.82, 2.24) is 10.6 Å². The van der Waals surface area contributed by atoms with Gasteiger partial charge in [-0.2, -0.15) is 0 Å². The largest absolute Gasteiger partial charge is 0.393 e. The van der Waals surface area contributed by atoms with E-state index in [2.05, 4.69) is 10.6 Å². The van der Waals surface area contributed by atoms with Crippen molar-refractivity contribution in [3.63, 3.8) is 0 Å². The maximum Gasteiger partial charge on any atom is 0.223 e. The van der Waals surface area contributed by atoms with Gasteiger partial charge in [0.15, 0.2) is 0 Å². The Balaban J connectivity index is 0.00000180. The molecule has 2 aliphatic rings. The minimum atomic E-state index is -0.308. The molecule has 1 saturated heterocycles. The Morgan fingerprint density at radius 3 is 2.63 bits per heavy atom. The number of aliphatic hydroxyl groups is 1. The second-order valence-electron chi connectivity index (χ2n) is 6.26. The van der Waals surface area contributed by atoms with Crippen LogP contribution in [-0.4, -0.2) is 36.8 Å². The maximum absolute atomic E-state index is 12.0. The number of hydrogen-bond acceptors (Lipinski definition) is 3. The summed E-state index contributed by atoms with van der Waals surface area (Å²) in [5, 5.41) is 16.0. The zero-order chi connectivity index (χ0) is 13.2. The fourth-order valence-electron chi connectivity index (χ4n) is 3.00. The third kappa shape index (κ3) is 4.07. The summed E-state index contributed by atoms with van der Waals surface area (Å²) in [5.74, 6) is 0.697. The summed E-state index contributed by atoms with van der Waals surface area (Å²) in [7, 11) is 0. The summed E-state index contributed by atoms with van der Waals surface area (Å²) in [6.45, 7) is 6.70. The zero-order valence-corrected chi connectivity index (χ0v) is 12.8. The molecule has 1 amide bonds. The average molecular weight is 291 g/mol. The maximum atomic E-state index is 12.0. The highest BCUT2D eigenvalue weighted by molar-refractivity contribution is 5.85. The SMILES string of the molecule is CC(C)C(O)CCNC(=O)C1CC12CCNCC2.Cl. The quantitative estimate of drug-likeness (QED) is 0.716. The van der Waals surface area contributed by atoms with Gasteiger partial charge in [0, 0.05) is 12.5 Å². The Morgan fingerprint density at radius 1 is 1.42 bits per heavy atom. The summed E-state index contributed by atoms with van der Waals surface area (Å²) >= 11 is 0. The van der Waals surface area contributed by atoms with Crippen molar-refractivity contribution >= 4 is 18.3 Å². The molecule has 0 bridgehead atoms. The number of amides is 1. The van der Waals surface area contributed by atoms with Crippen LogP contribution >= 0.6 is 12.4 Å². The molecule has 5 heteroatoms. The van der Waals surface area contributed by atoms with Crippen LogP contribution in [0.25, 0.3) is 0 Å². The van der Waals surface area contributed by atoms with E-state index in [1.54, 1.807) is 0 Å². The topological polar surface area (TPSA) is 61.4 Å². The molecule has 1 aliphatic heterocycles. The standard InChI is InChI=1S/C14H26N2O2.ClH/c1-10(2)12(17)3-6-16-13(18)11-9-14(11)4-7-15-8-5-14;/h10-12,15,17H,3-9H2,1-2H3,(H,16,18);1H. The molecular formula is C14H27ClN2O2. The molecule has 2 atom stereocenters. The van der Waals surface area contributed by atoms with E-state index in [-0.39, 0.29) is 36.3 Å². The number of hydrogen-bond donors (Lipinski definition) is 3. The lowest BCUT2D eigenvalue weighted by molar-refractivity contribution is -0.123. The van der Waals surface area contributed by atoms with Crippen LogP contribution in [0.4, 0.5) is 0 Å². The van der Waals surface area contributed by atoms with E-state index >= 15 is 0 Å². The lowest BCUT2D eigenvalue weighted by Crippen LogP contribution is -2.34. The lowest BCUT2D eigenvalue weighted by atomic mass is 9.92. The van der Waals surface area contributed by atoms with E-state index in [0.29, 0.717) is 18.4 Å². The van der Waals surface area contributed by atoms with E-state index in [4.69, 9.17) is 0 Å². The predicted molar refractivity (Wildman–Crippen MR) is 78.4 cm³/mol. The number of carbonyl (C=O) groups is 1. The Bertz CT molecular complexity index is 304. The van der Waals surface area contributed by atoms with Crippen molar-refractivity contribution in [3.8, 4) is 0 Å². The minimum absolute atomic E-state index is 0. The molecule has 1 spiro atoms. The summed E-state index contributed by atoms with van der Waals surface area (Å²) in [6.07, 6.45) is 3.69. The molecule has 19 heavy (non-hydrogen) atoms. The van der Waals surface area contributed by atoms with Gasteiger partial charge in [-0.25, -0.2) is 0 Å². The van der Waals surface area contributed by atoms with E-state index in [0.717, 1.165) is 32.4 Å². The van der Waals surface area contributed by atoms with Gasteiger partial charge in [0.05, 0.1) is 6.10 Å². The smallest absolute Gasteiger partial charge is 0.223 e. The third-order valence-corrected chi connectivity index (χ3v) is 4.61. The van der Waals surface area contributed by atoms with Crippen molar-refractivity contribution in [2.75, 3.05) is 19.6 Å². The summed E-state index contributed by atoms with van der Waals surface area (Å²) in [5.41, 5.74) is 0.312. The monoisotopic (exact) mass is 290 g/mol. The van der Waals surface area contributed by atoms with Crippen LogP contribution in [0.1, 0.15) is 39.5 Å². The first kappa shape index (κ1) is 16.7. The zero-order valence-electron chi connectivity index (χ0n) is 11.9. The summed E-state index contributed by atoms with van der Waals surface area (Å²) in [6, 6.07) is 0. The van der Waals surface area contributed by atoms with E-state index < -0.39 is 0 Å². The molecule has 0 aromatic rings. The fraction of sp³-hybridized carbons (Fsp3) is 0.929. The molecule has 4 nitrogen and oxygen atoms in total. The molecule has 1 saturated carbocycles. The van der Waals surface area contributed by atoms with Gasteiger partial charge in [0.2, 0.25) is 5.91 Å². The summed E-state index contributed by atoms with van der Waals surface area (Å²) < 4.78 is 0. The Morgan fingerprint density at radius 2 is 2.05 bits per heavy atom. The average Bonchev–Trinajstić information content (AvgIpc) is 3.03. The van der Waals surface area contributed by atoms with Crippen molar-refractivity contribution < 1.29 is 9.90 Å². The van der Waals surface area contributed by atoms with Crippen LogP contribution in [0.3, 0.4) is 0 Å². The molecule has 0 aromatic carbocycles. The normalized spacial score (nSPS) is 25.8. The molecular weight excluding hydrogens is 264 g/mol. The van der Waals surface area contributed by atoms with E-state index in [1.807, 2.05) is 13.8 Å². The Kier molecular flexibility index (Phi) is 6.09. The van der Waals surface area contributed by atoms with Crippen molar-refractivity contribution in [2.45, 2.75) is 45.6 Å². The van der Waals surface area contributed by atoms with Gasteiger partial charge in [0.25, 0.3) is 0 Å². The highest BCUT2D eigenvalue weighted by Gasteiger charge is 2.57. The van der Waals surface area contributed by atoms with E-state index in [1.165, 1.54) is 0 Å². The number of piperidine rings is 1. The Labute approximate surface area is 122 Å². The third-order valence-electron chi connectivity index (χ3n) is 4.61. The van der Waals surface area contributed by atoms with Crippen LogP contribution in [0, 0.1) is 17.3 Å². The molecule has 2 unspecified atom stereocenters. The number of nitrogens with one attached hydrogen (secondary N) is 2. The van der Waals surface area contributed by atoms with E-state index in [9.17, 15) is 9.90 Å². The Hall–Kier alpha value is -0.320. The molecule has 3 N–H and O–H groups in total. The molecule has 2 fully saturated rings. The first-order valence-corrected chi connectivity index (χ1v) is 7.22. The van der Waals surface area contributed by atoms with Crippen LogP contribution in [0.15, 0.2) is 0 Å². The molecule has 2 rings (SSSR count). The first-order chi connectivity index (χ1) is 8.55. The van der Waals surface area contributed by atoms with Gasteiger partial charge < -0.3 is 15.7 Å². The van der Waals surface area contributed by atoms with Gasteiger partial charge >= 0.3 is 0 Å². The van der Waals surface area contributed by atoms with Crippen molar-refractivity contribution in [2.24, 2.45) is 17.3 Å². The number of carbonyl (C=O) groups excluding carboxylic acids is 1. The van der Waals surface area contributed by atoms with Crippen LogP contribution in [0.2, 0.25) is 0 Å². The van der Waals surface area contributed by atoms with Crippen LogP contribution < -0.4 is 10.6 Å². The predicted octanol–water partition coefficient (Wildman–Crippen LogP) is 1.32. The second kappa shape index (κ2) is 6.91. The van der Waals surface area contributed by atoms with Crippen LogP contribution in [-0.2, 0) is 4.79 Å². The fourth-order valence-corrected chi connectivity index (χ4v) is 3.00. The summed E-state index contributed by atoms with van der Waals surface area (Å²) in [4.78, 5) is 12.0. The number of aliphatic hydroxyl groups excluding tert-OH is 1. The second-order valence-corrected chi connectivity index (χ2v) is 6.26. The number of halogens is 1. The van der Waals surface area contributed by atoms with Gasteiger partial charge in [-0.05, 0) is 50.1 Å². The highest BCUT2D eigenvalue weighted by Crippen LogP contribution is 2.58. The number of rotatable bonds is 5. The van der Waals surface area contributed by atoms with Gasteiger partial charge in [-0.3, -0.25) is 4.79 Å².